The summed E-state index contributed by atoms with van der Waals surface area (Å²) < 4.78 is 29.8. The van der Waals surface area contributed by atoms with Crippen molar-refractivity contribution >= 4 is 33.5 Å². The summed E-state index contributed by atoms with van der Waals surface area (Å²) in [6, 6.07) is 5.52. The number of anilines is 1. The number of amides is 1. The van der Waals surface area contributed by atoms with E-state index in [1.807, 2.05) is 0 Å². The minimum Gasteiger partial charge on any atom is -0.405 e. The summed E-state index contributed by atoms with van der Waals surface area (Å²) in [5.74, 6) is -0.745. The fraction of sp³-hybridized carbons (Fsp3) is 0.409. The summed E-state index contributed by atoms with van der Waals surface area (Å²) in [6.07, 6.45) is 4.37. The Labute approximate surface area is 206 Å². The highest BCUT2D eigenvalue weighted by Crippen LogP contribution is 2.35. The second-order valence-corrected chi connectivity index (χ2v) is 11.3. The standard InChI is InChI=1S/C22H27N7O4S.6H2/c1-11(2)34(31,32)15-7-4-12(5-8-15)16-10-26-19(23)18(28-16)20(24)33-22(25)29-21(30)17-13-3-6-14(9-13)27-17;;;;;;/h4-5,7-8,10-11,13-14,17,24,27H,3,6,9H2,1-2H3,(H2,23,26)(H2,25,29,30);6*1H/t13?,14-,17-;;;;;;/m0....../s1. The third-order valence-electron chi connectivity index (χ3n) is 6.20. The van der Waals surface area contributed by atoms with Crippen molar-refractivity contribution < 1.29 is 26.5 Å². The molecule has 1 saturated heterocycles. The largest absolute Gasteiger partial charge is 0.405 e. The molecule has 34 heavy (non-hydrogen) atoms. The second-order valence-electron chi connectivity index (χ2n) is 8.77. The average Bonchev–Trinajstić information content (AvgIpc) is 3.43. The Hall–Kier alpha value is -3.38. The molecule has 1 saturated carbocycles. The van der Waals surface area contributed by atoms with E-state index in [9.17, 15) is 13.2 Å². The number of benzene rings is 1. The maximum Gasteiger partial charge on any atom is 0.295 e. The molecule has 2 aliphatic rings. The zero-order chi connectivity index (χ0) is 24.6. The topological polar surface area (TPSA) is 184 Å². The Balaban J connectivity index is -0.00000228. The van der Waals surface area contributed by atoms with Gasteiger partial charge in [-0.15, -0.1) is 0 Å². The zero-order valence-electron chi connectivity index (χ0n) is 18.8. The molecular formula is C22H39N7O4S. The van der Waals surface area contributed by atoms with Gasteiger partial charge in [-0.1, -0.05) is 12.1 Å². The lowest BCUT2D eigenvalue weighted by molar-refractivity contribution is -0.122. The summed E-state index contributed by atoms with van der Waals surface area (Å²) in [7, 11) is -3.41. The number of carbonyl (C=O) groups excluding carboxylic acids is 1. The predicted octanol–water partition coefficient (Wildman–Crippen LogP) is 2.92. The van der Waals surface area contributed by atoms with E-state index in [0.717, 1.165) is 19.3 Å². The molecule has 2 bridgehead atoms. The average molecular weight is 498 g/mol. The smallest absolute Gasteiger partial charge is 0.295 e. The van der Waals surface area contributed by atoms with Crippen molar-refractivity contribution in [3.8, 4) is 11.3 Å². The first-order chi connectivity index (χ1) is 16.1. The summed E-state index contributed by atoms with van der Waals surface area (Å²) in [4.78, 5) is 21.0. The maximum atomic E-state index is 12.4. The molecule has 4 rings (SSSR count). The van der Waals surface area contributed by atoms with E-state index >= 15 is 0 Å². The van der Waals surface area contributed by atoms with Crippen LogP contribution in [0, 0.1) is 16.7 Å². The van der Waals surface area contributed by atoms with Crippen LogP contribution >= 0.6 is 0 Å². The highest BCUT2D eigenvalue weighted by atomic mass is 32.2. The second kappa shape index (κ2) is 9.11. The number of hydrogen-bond acceptors (Lipinski definition) is 10. The Morgan fingerprint density at radius 3 is 2.56 bits per heavy atom. The number of nitrogen functional groups attached to an aromatic ring is 1. The van der Waals surface area contributed by atoms with Gasteiger partial charge in [-0.05, 0) is 51.2 Å². The van der Waals surface area contributed by atoms with Gasteiger partial charge in [0.2, 0.25) is 11.8 Å². The quantitative estimate of drug-likeness (QED) is 0.308. The minimum absolute atomic E-state index is 0. The molecule has 1 aromatic heterocycles. The van der Waals surface area contributed by atoms with E-state index in [-0.39, 0.29) is 42.8 Å². The van der Waals surface area contributed by atoms with Gasteiger partial charge in [0.05, 0.1) is 28.1 Å². The van der Waals surface area contributed by atoms with Gasteiger partial charge in [0.25, 0.3) is 6.02 Å². The van der Waals surface area contributed by atoms with E-state index in [2.05, 4.69) is 20.6 Å². The first kappa shape index (κ1) is 23.8. The van der Waals surface area contributed by atoms with Gasteiger partial charge in [0, 0.05) is 20.2 Å². The molecule has 1 amide bonds. The molecule has 2 aromatic rings. The lowest BCUT2D eigenvalue weighted by atomic mass is 9.99. The number of fused-ring (bicyclic) bond motifs is 2. The highest BCUT2D eigenvalue weighted by Gasteiger charge is 2.43. The minimum atomic E-state index is -3.41. The number of amidine groups is 1. The molecule has 1 aromatic carbocycles. The number of sulfone groups is 1. The van der Waals surface area contributed by atoms with Crippen LogP contribution in [0.1, 0.15) is 47.4 Å². The van der Waals surface area contributed by atoms with E-state index in [1.165, 1.54) is 18.3 Å². The van der Waals surface area contributed by atoms with Crippen molar-refractivity contribution in [2.75, 3.05) is 5.73 Å². The first-order valence-electron chi connectivity index (χ1n) is 11.0. The van der Waals surface area contributed by atoms with Crippen LogP contribution in [0.3, 0.4) is 0 Å². The van der Waals surface area contributed by atoms with Crippen molar-refractivity contribution in [3.05, 3.63) is 36.2 Å². The fourth-order valence-corrected chi connectivity index (χ4v) is 5.37. The van der Waals surface area contributed by atoms with Crippen molar-refractivity contribution in [2.24, 2.45) is 5.92 Å². The number of ether oxygens (including phenoxy) is 1. The number of carbonyl (C=O) groups is 1. The van der Waals surface area contributed by atoms with Crippen LogP contribution in [0.4, 0.5) is 5.82 Å². The third-order valence-corrected chi connectivity index (χ3v) is 8.37. The number of nitrogens with two attached hydrogens (primary N) is 1. The van der Waals surface area contributed by atoms with E-state index in [0.29, 0.717) is 17.3 Å². The SMILES string of the molecule is CC(C)S(=O)(=O)c1ccc(-c2cnc(N)c(C(=N)OC(=N)NC(=O)[C@H]3N[C@H]4CCC3C4)n2)cc1.[HH].[HH].[HH].[HH].[HH].[HH]. The van der Waals surface area contributed by atoms with Crippen LogP contribution in [-0.2, 0) is 19.4 Å². The van der Waals surface area contributed by atoms with Crippen LogP contribution in [-0.4, -0.2) is 53.5 Å². The van der Waals surface area contributed by atoms with Crippen LogP contribution < -0.4 is 16.4 Å². The van der Waals surface area contributed by atoms with Gasteiger partial charge in [-0.3, -0.25) is 20.9 Å². The number of aromatic nitrogens is 2. The summed E-state index contributed by atoms with van der Waals surface area (Å²) >= 11 is 0. The van der Waals surface area contributed by atoms with Gasteiger partial charge >= 0.3 is 0 Å². The zero-order valence-corrected chi connectivity index (χ0v) is 19.6. The molecule has 11 nitrogen and oxygen atoms in total. The molecular weight excluding hydrogens is 458 g/mol. The van der Waals surface area contributed by atoms with Gasteiger partial charge in [0.15, 0.2) is 21.3 Å². The Bertz CT molecular complexity index is 1270. The molecule has 1 aliphatic carbocycles. The Kier molecular flexibility index (Phi) is 6.36. The molecule has 2 heterocycles. The van der Waals surface area contributed by atoms with Crippen LogP contribution in [0.25, 0.3) is 11.3 Å². The van der Waals surface area contributed by atoms with Crippen LogP contribution in [0.5, 0.6) is 0 Å². The Morgan fingerprint density at radius 2 is 1.97 bits per heavy atom. The van der Waals surface area contributed by atoms with Crippen LogP contribution in [0.2, 0.25) is 0 Å². The number of hydrogen-bond donors (Lipinski definition) is 5. The van der Waals surface area contributed by atoms with E-state index < -0.39 is 27.0 Å². The maximum absolute atomic E-state index is 12.4. The molecule has 2 fully saturated rings. The number of rotatable bonds is 5. The van der Waals surface area contributed by atoms with Gasteiger partial charge in [-0.2, -0.15) is 0 Å². The number of nitrogens with one attached hydrogen (secondary N) is 4. The molecule has 1 aliphatic heterocycles. The van der Waals surface area contributed by atoms with Crippen molar-refractivity contribution in [1.82, 2.24) is 20.6 Å². The molecule has 6 N–H and O–H groups in total. The number of piperidine rings is 1. The van der Waals surface area contributed by atoms with Crippen LogP contribution in [0.15, 0.2) is 35.4 Å². The van der Waals surface area contributed by atoms with Gasteiger partial charge in [0.1, 0.15) is 0 Å². The van der Waals surface area contributed by atoms with Gasteiger partial charge < -0.3 is 15.8 Å². The lowest BCUT2D eigenvalue weighted by Gasteiger charge is -2.22. The molecule has 0 radical (unpaired) electrons. The summed E-state index contributed by atoms with van der Waals surface area (Å²) in [5.41, 5.74) is 6.66. The lowest BCUT2D eigenvalue weighted by Crippen LogP contribution is -2.49. The van der Waals surface area contributed by atoms with E-state index in [4.69, 9.17) is 21.3 Å². The fourth-order valence-electron chi connectivity index (χ4n) is 4.31. The summed E-state index contributed by atoms with van der Waals surface area (Å²) in [5, 5.41) is 21.2. The predicted molar refractivity (Wildman–Crippen MR) is 139 cm³/mol. The molecule has 12 heteroatoms. The highest BCUT2D eigenvalue weighted by molar-refractivity contribution is 7.92. The monoisotopic (exact) mass is 497 g/mol. The molecule has 0 spiro atoms. The Morgan fingerprint density at radius 1 is 1.26 bits per heavy atom. The van der Waals surface area contributed by atoms with Crippen molar-refractivity contribution in [2.45, 2.75) is 55.3 Å². The molecule has 1 unspecified atom stereocenters. The van der Waals surface area contributed by atoms with E-state index in [1.54, 1.807) is 26.0 Å². The third kappa shape index (κ3) is 4.64. The van der Waals surface area contributed by atoms with Gasteiger partial charge in [-0.25, -0.2) is 18.4 Å². The molecule has 3 atom stereocenters. The summed E-state index contributed by atoms with van der Waals surface area (Å²) in [6.45, 7) is 3.22. The number of nitrogens with zero attached hydrogens (tertiary/aromatic N) is 2. The van der Waals surface area contributed by atoms with Crippen molar-refractivity contribution in [3.63, 3.8) is 0 Å². The molecule has 192 valence electrons. The normalized spacial score (nSPS) is 21.4. The first-order valence-corrected chi connectivity index (χ1v) is 12.5. The van der Waals surface area contributed by atoms with Crippen molar-refractivity contribution in [1.29, 1.82) is 10.8 Å².